The molecule has 0 bridgehead atoms. The van der Waals surface area contributed by atoms with Gasteiger partial charge >= 0.3 is 7.12 Å². The van der Waals surface area contributed by atoms with E-state index in [9.17, 15) is 0 Å². The lowest BCUT2D eigenvalue weighted by Gasteiger charge is -2.32. The zero-order chi connectivity index (χ0) is 15.8. The molecule has 0 aliphatic carbocycles. The lowest BCUT2D eigenvalue weighted by molar-refractivity contribution is 0.00578. The summed E-state index contributed by atoms with van der Waals surface area (Å²) in [6.45, 7) is 8.08. The van der Waals surface area contributed by atoms with Crippen LogP contribution in [-0.2, 0) is 9.31 Å². The van der Waals surface area contributed by atoms with E-state index in [-0.39, 0.29) is 0 Å². The molecule has 1 aromatic rings. The fourth-order valence-electron chi connectivity index (χ4n) is 2.22. The summed E-state index contributed by atoms with van der Waals surface area (Å²) in [4.78, 5) is 0. The van der Waals surface area contributed by atoms with Crippen LogP contribution in [0.15, 0.2) is 12.1 Å². The minimum Gasteiger partial charge on any atom is -0.493 e. The average molecular weight is 294 g/mol. The highest BCUT2D eigenvalue weighted by Crippen LogP contribution is 2.39. The summed E-state index contributed by atoms with van der Waals surface area (Å²) >= 11 is 0. The van der Waals surface area contributed by atoms with Crippen molar-refractivity contribution in [3.63, 3.8) is 0 Å². The van der Waals surface area contributed by atoms with Crippen LogP contribution in [-0.4, -0.2) is 39.6 Å². The topological polar surface area (TPSA) is 46.2 Å². The van der Waals surface area contributed by atoms with Crippen LogP contribution in [0.3, 0.4) is 0 Å². The molecule has 0 aromatic heterocycles. The van der Waals surface area contributed by atoms with Crippen molar-refractivity contribution in [1.29, 1.82) is 0 Å². The Hall–Kier alpha value is -1.40. The highest BCUT2D eigenvalue weighted by atomic mass is 16.7. The maximum atomic E-state index is 6.05. The Morgan fingerprint density at radius 3 is 1.57 bits per heavy atom. The quantitative estimate of drug-likeness (QED) is 0.795. The maximum absolute atomic E-state index is 6.05. The molecule has 1 aliphatic rings. The van der Waals surface area contributed by atoms with Gasteiger partial charge < -0.3 is 23.5 Å². The van der Waals surface area contributed by atoms with Gasteiger partial charge in [0, 0.05) is 0 Å². The second-order valence-corrected chi connectivity index (χ2v) is 6.05. The molecule has 1 aliphatic heterocycles. The Labute approximate surface area is 126 Å². The molecule has 0 amide bonds. The Balaban J connectivity index is 2.42. The van der Waals surface area contributed by atoms with Crippen molar-refractivity contribution < 1.29 is 23.5 Å². The fourth-order valence-corrected chi connectivity index (χ4v) is 2.22. The van der Waals surface area contributed by atoms with Gasteiger partial charge in [0.05, 0.1) is 32.5 Å². The maximum Gasteiger partial charge on any atom is 0.495 e. The van der Waals surface area contributed by atoms with Crippen LogP contribution in [0.1, 0.15) is 27.7 Å². The van der Waals surface area contributed by atoms with Gasteiger partial charge in [0.1, 0.15) is 0 Å². The normalized spacial score (nSPS) is 19.5. The van der Waals surface area contributed by atoms with Gasteiger partial charge in [-0.1, -0.05) is 0 Å². The van der Waals surface area contributed by atoms with Gasteiger partial charge in [0.25, 0.3) is 0 Å². The molecule has 1 aromatic carbocycles. The predicted molar refractivity (Wildman–Crippen MR) is 81.8 cm³/mol. The van der Waals surface area contributed by atoms with Crippen molar-refractivity contribution in [2.24, 2.45) is 0 Å². The molecule has 116 valence electrons. The number of hydrogen-bond acceptors (Lipinski definition) is 5. The number of ether oxygens (including phenoxy) is 3. The highest BCUT2D eigenvalue weighted by molar-refractivity contribution is 6.62. The minimum atomic E-state index is -0.469. The van der Waals surface area contributed by atoms with Crippen LogP contribution in [0, 0.1) is 0 Å². The van der Waals surface area contributed by atoms with Crippen molar-refractivity contribution >= 4 is 12.6 Å². The summed E-state index contributed by atoms with van der Waals surface area (Å²) in [7, 11) is 4.29. The lowest BCUT2D eigenvalue weighted by atomic mass is 9.79. The van der Waals surface area contributed by atoms with Gasteiger partial charge in [-0.15, -0.1) is 0 Å². The highest BCUT2D eigenvalue weighted by Gasteiger charge is 2.52. The van der Waals surface area contributed by atoms with Gasteiger partial charge in [-0.05, 0) is 45.3 Å². The Kier molecular flexibility index (Phi) is 4.13. The van der Waals surface area contributed by atoms with E-state index in [1.165, 1.54) is 0 Å². The lowest BCUT2D eigenvalue weighted by Crippen LogP contribution is -2.41. The predicted octanol–water partition coefficient (Wildman–Crippen LogP) is 2.01. The molecule has 1 fully saturated rings. The molecule has 0 unspecified atom stereocenters. The molecular formula is C15H23BO5. The van der Waals surface area contributed by atoms with Crippen LogP contribution in [0.5, 0.6) is 17.2 Å². The van der Waals surface area contributed by atoms with Crippen molar-refractivity contribution in [2.45, 2.75) is 38.9 Å². The first-order chi connectivity index (χ1) is 9.75. The summed E-state index contributed by atoms with van der Waals surface area (Å²) in [5.74, 6) is 1.73. The molecule has 1 saturated heterocycles. The molecule has 5 nitrogen and oxygen atoms in total. The number of methoxy groups -OCH3 is 3. The molecule has 0 spiro atoms. The third-order valence-corrected chi connectivity index (χ3v) is 4.21. The largest absolute Gasteiger partial charge is 0.495 e. The van der Waals surface area contributed by atoms with E-state index in [4.69, 9.17) is 23.5 Å². The smallest absolute Gasteiger partial charge is 0.493 e. The van der Waals surface area contributed by atoms with Crippen molar-refractivity contribution in [2.75, 3.05) is 21.3 Å². The summed E-state index contributed by atoms with van der Waals surface area (Å²) in [5, 5.41) is 0. The molecule has 21 heavy (non-hydrogen) atoms. The van der Waals surface area contributed by atoms with Crippen LogP contribution in [0.25, 0.3) is 0 Å². The Morgan fingerprint density at radius 1 is 0.810 bits per heavy atom. The van der Waals surface area contributed by atoms with Crippen molar-refractivity contribution in [3.8, 4) is 17.2 Å². The van der Waals surface area contributed by atoms with E-state index in [2.05, 4.69) is 0 Å². The van der Waals surface area contributed by atoms with Crippen molar-refractivity contribution in [3.05, 3.63) is 12.1 Å². The molecule has 2 rings (SSSR count). The third-order valence-electron chi connectivity index (χ3n) is 4.21. The summed E-state index contributed by atoms with van der Waals surface area (Å²) < 4.78 is 28.2. The van der Waals surface area contributed by atoms with E-state index in [0.29, 0.717) is 17.2 Å². The van der Waals surface area contributed by atoms with Gasteiger partial charge in [0.15, 0.2) is 11.5 Å². The van der Waals surface area contributed by atoms with E-state index < -0.39 is 18.3 Å². The number of rotatable bonds is 4. The fraction of sp³-hybridized carbons (Fsp3) is 0.600. The van der Waals surface area contributed by atoms with E-state index in [1.807, 2.05) is 39.8 Å². The van der Waals surface area contributed by atoms with Crippen molar-refractivity contribution in [1.82, 2.24) is 0 Å². The molecule has 1 heterocycles. The molecule has 0 atom stereocenters. The summed E-state index contributed by atoms with van der Waals surface area (Å²) in [5.41, 5.74) is 0.0546. The summed E-state index contributed by atoms with van der Waals surface area (Å²) in [6, 6.07) is 3.70. The minimum absolute atomic E-state index is 0.391. The monoisotopic (exact) mass is 294 g/mol. The summed E-state index contributed by atoms with van der Waals surface area (Å²) in [6.07, 6.45) is 0. The second-order valence-electron chi connectivity index (χ2n) is 6.05. The third kappa shape index (κ3) is 2.70. The van der Waals surface area contributed by atoms with Crippen LogP contribution in [0.2, 0.25) is 0 Å². The first-order valence-electron chi connectivity index (χ1n) is 6.91. The van der Waals surface area contributed by atoms with Gasteiger partial charge in [-0.25, -0.2) is 0 Å². The van der Waals surface area contributed by atoms with E-state index in [0.717, 1.165) is 5.46 Å². The van der Waals surface area contributed by atoms with E-state index in [1.54, 1.807) is 21.3 Å². The first-order valence-corrected chi connectivity index (χ1v) is 6.91. The molecule has 0 radical (unpaired) electrons. The number of hydrogen-bond donors (Lipinski definition) is 0. The molecular weight excluding hydrogens is 271 g/mol. The zero-order valence-electron chi connectivity index (χ0n) is 13.8. The standard InChI is InChI=1S/C15H23BO5/c1-14(2)15(3,4)21-16(20-14)10-8-11(17-5)13(19-7)12(9-10)18-6/h8-9H,1-7H3. The van der Waals surface area contributed by atoms with Gasteiger partial charge in [0.2, 0.25) is 5.75 Å². The Morgan fingerprint density at radius 2 is 1.24 bits per heavy atom. The average Bonchev–Trinajstić information content (AvgIpc) is 2.65. The van der Waals surface area contributed by atoms with Gasteiger partial charge in [-0.3, -0.25) is 0 Å². The van der Waals surface area contributed by atoms with Gasteiger partial charge in [-0.2, -0.15) is 0 Å². The SMILES string of the molecule is COc1cc(B2OC(C)(C)C(C)(C)O2)cc(OC)c1OC. The second kappa shape index (κ2) is 5.42. The van der Waals surface area contributed by atoms with Crippen LogP contribution in [0.4, 0.5) is 0 Å². The first kappa shape index (κ1) is 16.0. The van der Waals surface area contributed by atoms with E-state index >= 15 is 0 Å². The molecule has 0 saturated carbocycles. The molecule has 0 N–H and O–H groups in total. The molecule has 6 heteroatoms. The number of benzene rings is 1. The van der Waals surface area contributed by atoms with Crippen LogP contribution < -0.4 is 19.7 Å². The van der Waals surface area contributed by atoms with Crippen LogP contribution >= 0.6 is 0 Å². The Bertz CT molecular complexity index is 486. The zero-order valence-corrected chi connectivity index (χ0v) is 13.8.